The molecular formula is C23H25NO5S. The van der Waals surface area contributed by atoms with E-state index in [9.17, 15) is 9.90 Å². The third kappa shape index (κ3) is 4.33. The van der Waals surface area contributed by atoms with Gasteiger partial charge in [0, 0.05) is 30.5 Å². The van der Waals surface area contributed by atoms with Gasteiger partial charge >= 0.3 is 0 Å². The first-order chi connectivity index (χ1) is 14.6. The number of hydrogen-bond acceptors (Lipinski definition) is 7. The molecule has 0 aliphatic carbocycles. The van der Waals surface area contributed by atoms with Crippen LogP contribution in [0.2, 0.25) is 0 Å². The number of benzene rings is 2. The molecular weight excluding hydrogens is 402 g/mol. The van der Waals surface area contributed by atoms with Crippen LogP contribution in [-0.2, 0) is 16.0 Å². The number of ether oxygens (including phenoxy) is 2. The van der Waals surface area contributed by atoms with E-state index < -0.39 is 0 Å². The molecule has 1 aliphatic rings. The molecule has 2 aromatic carbocycles. The quantitative estimate of drug-likeness (QED) is 0.572. The maximum Gasteiger partial charge on any atom is 0.161 e. The molecule has 7 heteroatoms. The number of nitrogens with zero attached hydrogens (tertiary/aromatic N) is 1. The van der Waals surface area contributed by atoms with Crippen molar-refractivity contribution in [2.75, 3.05) is 46.2 Å². The third-order valence-corrected chi connectivity index (χ3v) is 6.07. The number of methoxy groups -OCH3 is 1. The van der Waals surface area contributed by atoms with Gasteiger partial charge < -0.3 is 19.0 Å². The van der Waals surface area contributed by atoms with Gasteiger partial charge in [-0.2, -0.15) is 0 Å². The molecule has 0 radical (unpaired) electrons. The van der Waals surface area contributed by atoms with Crippen LogP contribution in [0.4, 0.5) is 0 Å². The number of phenols is 1. The Morgan fingerprint density at radius 3 is 2.73 bits per heavy atom. The summed E-state index contributed by atoms with van der Waals surface area (Å²) in [7, 11) is 1.52. The van der Waals surface area contributed by atoms with Gasteiger partial charge in [-0.3, -0.25) is 9.69 Å². The SMILES string of the molecule is COc1cc(-c2oc3ccc(CC(=O)CN4CCOCC4)cc3c2SC)ccc1O. The number of furan rings is 1. The van der Waals surface area contributed by atoms with E-state index in [1.165, 1.54) is 7.11 Å². The van der Waals surface area contributed by atoms with Crippen molar-refractivity contribution in [1.82, 2.24) is 4.90 Å². The van der Waals surface area contributed by atoms with Gasteiger partial charge in [-0.15, -0.1) is 11.8 Å². The molecule has 158 valence electrons. The normalized spacial score (nSPS) is 14.9. The van der Waals surface area contributed by atoms with Crippen LogP contribution in [-0.4, -0.2) is 62.0 Å². The number of rotatable bonds is 7. The smallest absolute Gasteiger partial charge is 0.161 e. The predicted molar refractivity (Wildman–Crippen MR) is 118 cm³/mol. The van der Waals surface area contributed by atoms with Crippen LogP contribution in [0.5, 0.6) is 11.5 Å². The van der Waals surface area contributed by atoms with E-state index >= 15 is 0 Å². The van der Waals surface area contributed by atoms with Crippen molar-refractivity contribution < 1.29 is 23.8 Å². The number of thioether (sulfide) groups is 1. The summed E-state index contributed by atoms with van der Waals surface area (Å²) in [5.41, 5.74) is 2.58. The summed E-state index contributed by atoms with van der Waals surface area (Å²) in [5.74, 6) is 1.42. The van der Waals surface area contributed by atoms with Crippen LogP contribution in [0.3, 0.4) is 0 Å². The first-order valence-corrected chi connectivity index (χ1v) is 11.1. The minimum atomic E-state index is 0.0872. The molecule has 4 rings (SSSR count). The molecule has 3 aromatic rings. The van der Waals surface area contributed by atoms with Crippen molar-refractivity contribution in [3.63, 3.8) is 0 Å². The molecule has 1 saturated heterocycles. The molecule has 0 spiro atoms. The standard InChI is InChI=1S/C23H25NO5S/c1-27-21-13-16(4-5-19(21)26)22-23(30-2)18-12-15(3-6-20(18)29-22)11-17(25)14-24-7-9-28-10-8-24/h3-6,12-13,26H,7-11,14H2,1-2H3. The Kier molecular flexibility index (Phi) is 6.32. The van der Waals surface area contributed by atoms with Gasteiger partial charge in [0.05, 0.1) is 31.8 Å². The second-order valence-electron chi connectivity index (χ2n) is 7.29. The number of carbonyl (C=O) groups excluding carboxylic acids is 1. The highest BCUT2D eigenvalue weighted by molar-refractivity contribution is 7.99. The van der Waals surface area contributed by atoms with E-state index in [2.05, 4.69) is 4.90 Å². The zero-order chi connectivity index (χ0) is 21.1. The van der Waals surface area contributed by atoms with Crippen molar-refractivity contribution in [3.05, 3.63) is 42.0 Å². The van der Waals surface area contributed by atoms with Crippen LogP contribution < -0.4 is 4.74 Å². The summed E-state index contributed by atoms with van der Waals surface area (Å²) in [6, 6.07) is 11.1. The van der Waals surface area contributed by atoms with Crippen molar-refractivity contribution in [1.29, 1.82) is 0 Å². The van der Waals surface area contributed by atoms with Crippen molar-refractivity contribution in [2.24, 2.45) is 0 Å². The molecule has 0 saturated carbocycles. The Labute approximate surface area is 179 Å². The predicted octanol–water partition coefficient (Wildman–Crippen LogP) is 3.98. The van der Waals surface area contributed by atoms with Crippen LogP contribution >= 0.6 is 11.8 Å². The molecule has 1 aromatic heterocycles. The van der Waals surface area contributed by atoms with Gasteiger partial charge in [0.15, 0.2) is 17.3 Å². The molecule has 30 heavy (non-hydrogen) atoms. The molecule has 1 fully saturated rings. The zero-order valence-electron chi connectivity index (χ0n) is 17.1. The highest BCUT2D eigenvalue weighted by atomic mass is 32.2. The van der Waals surface area contributed by atoms with Gasteiger partial charge in [0.25, 0.3) is 0 Å². The number of carbonyl (C=O) groups is 1. The van der Waals surface area contributed by atoms with Crippen molar-refractivity contribution >= 4 is 28.5 Å². The highest BCUT2D eigenvalue weighted by Crippen LogP contribution is 2.41. The molecule has 1 N–H and O–H groups in total. The largest absolute Gasteiger partial charge is 0.504 e. The first kappa shape index (κ1) is 20.8. The Hall–Kier alpha value is -2.48. The zero-order valence-corrected chi connectivity index (χ0v) is 18.0. The van der Waals surface area contributed by atoms with Gasteiger partial charge in [-0.05, 0) is 42.2 Å². The maximum atomic E-state index is 12.6. The maximum absolute atomic E-state index is 12.6. The second kappa shape index (κ2) is 9.12. The lowest BCUT2D eigenvalue weighted by Crippen LogP contribution is -2.39. The van der Waals surface area contributed by atoms with Crippen LogP contribution in [0, 0.1) is 0 Å². The van der Waals surface area contributed by atoms with Crippen LogP contribution in [0.1, 0.15) is 5.56 Å². The number of fused-ring (bicyclic) bond motifs is 1. The summed E-state index contributed by atoms with van der Waals surface area (Å²) in [6.07, 6.45) is 2.40. The monoisotopic (exact) mass is 427 g/mol. The first-order valence-electron chi connectivity index (χ1n) is 9.87. The molecule has 0 bridgehead atoms. The Morgan fingerprint density at radius 2 is 2.00 bits per heavy atom. The molecule has 0 amide bonds. The minimum absolute atomic E-state index is 0.0872. The number of aromatic hydroxyl groups is 1. The molecule has 1 aliphatic heterocycles. The number of morpholine rings is 1. The van der Waals surface area contributed by atoms with Crippen LogP contribution in [0.15, 0.2) is 45.7 Å². The summed E-state index contributed by atoms with van der Waals surface area (Å²) < 4.78 is 16.7. The number of Topliss-reactive ketones (excluding diaryl/α,β-unsaturated/α-hetero) is 1. The molecule has 0 atom stereocenters. The van der Waals surface area contributed by atoms with Gasteiger partial charge in [0.1, 0.15) is 11.3 Å². The van der Waals surface area contributed by atoms with E-state index in [4.69, 9.17) is 13.9 Å². The molecule has 0 unspecified atom stereocenters. The van der Waals surface area contributed by atoms with Gasteiger partial charge in [0.2, 0.25) is 0 Å². The van der Waals surface area contributed by atoms with E-state index in [1.807, 2.05) is 30.5 Å². The average Bonchev–Trinajstić information content (AvgIpc) is 3.12. The van der Waals surface area contributed by atoms with E-state index in [0.29, 0.717) is 31.9 Å². The van der Waals surface area contributed by atoms with Crippen molar-refractivity contribution in [3.8, 4) is 22.8 Å². The topological polar surface area (TPSA) is 72.1 Å². The van der Waals surface area contributed by atoms with Crippen molar-refractivity contribution in [2.45, 2.75) is 11.3 Å². The van der Waals surface area contributed by atoms with Gasteiger partial charge in [-0.1, -0.05) is 6.07 Å². The highest BCUT2D eigenvalue weighted by Gasteiger charge is 2.19. The summed E-state index contributed by atoms with van der Waals surface area (Å²) in [5, 5.41) is 10.9. The minimum Gasteiger partial charge on any atom is -0.504 e. The van der Waals surface area contributed by atoms with E-state index in [0.717, 1.165) is 45.8 Å². The number of ketones is 1. The fraction of sp³-hybridized carbons (Fsp3) is 0.348. The Morgan fingerprint density at radius 1 is 1.20 bits per heavy atom. The lowest BCUT2D eigenvalue weighted by atomic mass is 10.1. The van der Waals surface area contributed by atoms with E-state index in [1.54, 1.807) is 23.9 Å². The summed E-state index contributed by atoms with van der Waals surface area (Å²) >= 11 is 1.60. The fourth-order valence-corrected chi connectivity index (χ4v) is 4.46. The van der Waals surface area contributed by atoms with E-state index in [-0.39, 0.29) is 11.5 Å². The van der Waals surface area contributed by atoms with Crippen LogP contribution in [0.25, 0.3) is 22.3 Å². The number of phenolic OH excluding ortho intramolecular Hbond substituents is 1. The molecule has 2 heterocycles. The Balaban J connectivity index is 1.60. The average molecular weight is 428 g/mol. The molecule has 6 nitrogen and oxygen atoms in total. The fourth-order valence-electron chi connectivity index (χ4n) is 3.74. The van der Waals surface area contributed by atoms with Gasteiger partial charge in [-0.25, -0.2) is 0 Å². The Bertz CT molecular complexity index is 1060. The number of hydrogen-bond donors (Lipinski definition) is 1. The summed E-state index contributed by atoms with van der Waals surface area (Å²) in [6.45, 7) is 3.46. The third-order valence-electron chi connectivity index (χ3n) is 5.26. The lowest BCUT2D eigenvalue weighted by Gasteiger charge is -2.25. The lowest BCUT2D eigenvalue weighted by molar-refractivity contribution is -0.120. The summed E-state index contributed by atoms with van der Waals surface area (Å²) in [4.78, 5) is 15.7. The second-order valence-corrected chi connectivity index (χ2v) is 8.10.